The largest absolute Gasteiger partial charge is 0.488 e. The Bertz CT molecular complexity index is 1670. The summed E-state index contributed by atoms with van der Waals surface area (Å²) >= 11 is 6.46. The summed E-state index contributed by atoms with van der Waals surface area (Å²) in [5.41, 5.74) is -0.999. The highest BCUT2D eigenvalue weighted by Crippen LogP contribution is 2.45. The second kappa shape index (κ2) is 14.9. The first-order valence-corrected chi connectivity index (χ1v) is 17.4. The number of carbonyl (C=O) groups is 4. The number of aliphatic carboxylic acids is 1. The van der Waals surface area contributed by atoms with Crippen LogP contribution in [0.15, 0.2) is 36.4 Å². The van der Waals surface area contributed by atoms with Crippen LogP contribution < -0.4 is 20.1 Å². The van der Waals surface area contributed by atoms with Crippen molar-refractivity contribution in [3.05, 3.63) is 41.4 Å². The van der Waals surface area contributed by atoms with Gasteiger partial charge in [-0.3, -0.25) is 9.59 Å². The van der Waals surface area contributed by atoms with E-state index in [0.29, 0.717) is 34.5 Å². The van der Waals surface area contributed by atoms with E-state index in [0.717, 1.165) is 38.5 Å². The van der Waals surface area contributed by atoms with Crippen LogP contribution >= 0.6 is 11.6 Å². The number of pyridine rings is 1. The summed E-state index contributed by atoms with van der Waals surface area (Å²) in [6.45, 7) is 0.0196. The van der Waals surface area contributed by atoms with E-state index in [1.807, 2.05) is 12.2 Å². The molecule has 2 saturated carbocycles. The van der Waals surface area contributed by atoms with Gasteiger partial charge < -0.3 is 34.9 Å². The lowest BCUT2D eigenvalue weighted by Gasteiger charge is -2.27. The topological polar surface area (TPSA) is 156 Å². The maximum atomic E-state index is 14.1. The number of nitrogens with zero attached hydrogens (tertiary/aromatic N) is 2. The maximum Gasteiger partial charge on any atom is 0.407 e. The number of aromatic nitrogens is 1. The molecule has 12 nitrogen and oxygen atoms in total. The molecule has 1 saturated heterocycles. The third-order valence-electron chi connectivity index (χ3n) is 9.81. The molecule has 2 aliphatic carbocycles. The van der Waals surface area contributed by atoms with E-state index in [1.54, 1.807) is 24.3 Å². The first-order valence-electron chi connectivity index (χ1n) is 17.0. The van der Waals surface area contributed by atoms with Gasteiger partial charge in [0, 0.05) is 36.3 Å². The quantitative estimate of drug-likeness (QED) is 0.275. The number of ether oxygens (including phenoxy) is 3. The monoisotopic (exact) mass is 692 g/mol. The number of terminal acetylenes is 1. The highest BCUT2D eigenvalue weighted by Gasteiger charge is 2.61. The van der Waals surface area contributed by atoms with Crippen molar-refractivity contribution in [3.8, 4) is 24.0 Å². The van der Waals surface area contributed by atoms with Crippen molar-refractivity contribution < 1.29 is 38.5 Å². The molecule has 49 heavy (non-hydrogen) atoms. The fourth-order valence-corrected chi connectivity index (χ4v) is 7.34. The van der Waals surface area contributed by atoms with Gasteiger partial charge in [0.1, 0.15) is 29.5 Å². The second-order valence-corrected chi connectivity index (χ2v) is 13.7. The van der Waals surface area contributed by atoms with Crippen molar-refractivity contribution in [1.29, 1.82) is 0 Å². The van der Waals surface area contributed by atoms with Gasteiger partial charge in [0.15, 0.2) is 6.61 Å². The fraction of sp³-hybridized carbons (Fsp3) is 0.528. The minimum atomic E-state index is -1.43. The van der Waals surface area contributed by atoms with Crippen LogP contribution in [-0.2, 0) is 19.1 Å². The van der Waals surface area contributed by atoms with E-state index in [2.05, 4.69) is 21.5 Å². The molecule has 2 aliphatic heterocycles. The predicted molar refractivity (Wildman–Crippen MR) is 180 cm³/mol. The first-order chi connectivity index (χ1) is 23.7. The minimum Gasteiger partial charge on any atom is -0.488 e. The number of alkyl carbamates (subject to hydrolysis) is 1. The zero-order chi connectivity index (χ0) is 34.5. The van der Waals surface area contributed by atoms with E-state index in [9.17, 15) is 24.3 Å². The number of nitrogens with one attached hydrogen (secondary N) is 2. The number of allylic oxidation sites excluding steroid dienone is 1. The first kappa shape index (κ1) is 34.4. The zero-order valence-corrected chi connectivity index (χ0v) is 28.0. The molecule has 2 aromatic rings. The Balaban J connectivity index is 1.26. The van der Waals surface area contributed by atoms with Crippen LogP contribution in [0.1, 0.15) is 70.6 Å². The van der Waals surface area contributed by atoms with Crippen LogP contribution in [0, 0.1) is 18.3 Å². The molecular formula is C36H41ClN4O8. The summed E-state index contributed by atoms with van der Waals surface area (Å²) in [4.78, 5) is 59.1. The molecule has 1 aromatic carbocycles. The van der Waals surface area contributed by atoms with Crippen LogP contribution in [0.5, 0.6) is 11.6 Å². The lowest BCUT2D eigenvalue weighted by atomic mass is 10.0. The fourth-order valence-electron chi connectivity index (χ4n) is 7.13. The summed E-state index contributed by atoms with van der Waals surface area (Å²) in [6.07, 6.45) is 14.6. The minimum absolute atomic E-state index is 0.0265. The molecule has 3 heterocycles. The van der Waals surface area contributed by atoms with Gasteiger partial charge in [-0.1, -0.05) is 42.2 Å². The Morgan fingerprint density at radius 3 is 2.73 bits per heavy atom. The number of carbonyl (C=O) groups excluding carboxylic acids is 3. The van der Waals surface area contributed by atoms with Crippen LogP contribution in [0.25, 0.3) is 10.9 Å². The van der Waals surface area contributed by atoms with Gasteiger partial charge in [-0.25, -0.2) is 14.6 Å². The number of para-hydroxylation sites is 1. The maximum absolute atomic E-state index is 14.1. The number of amides is 3. The van der Waals surface area contributed by atoms with Crippen molar-refractivity contribution in [2.75, 3.05) is 13.2 Å². The number of hydrogen-bond donors (Lipinski definition) is 3. The third kappa shape index (κ3) is 7.88. The number of halogens is 1. The molecule has 13 heteroatoms. The van der Waals surface area contributed by atoms with Crippen molar-refractivity contribution >= 4 is 46.4 Å². The van der Waals surface area contributed by atoms with Crippen molar-refractivity contribution in [2.24, 2.45) is 5.92 Å². The van der Waals surface area contributed by atoms with Crippen molar-refractivity contribution in [3.63, 3.8) is 0 Å². The molecule has 6 rings (SSSR count). The van der Waals surface area contributed by atoms with Gasteiger partial charge >= 0.3 is 12.1 Å². The third-order valence-corrected chi connectivity index (χ3v) is 10.1. The van der Waals surface area contributed by atoms with Gasteiger partial charge in [0.25, 0.3) is 0 Å². The van der Waals surface area contributed by atoms with E-state index < -0.39 is 41.7 Å². The summed E-state index contributed by atoms with van der Waals surface area (Å²) in [6, 6.07) is 5.30. The molecular weight excluding hydrogens is 652 g/mol. The Hall–Kier alpha value is -4.50. The lowest BCUT2D eigenvalue weighted by molar-refractivity contribution is -0.145. The average Bonchev–Trinajstić information content (AvgIpc) is 3.35. The van der Waals surface area contributed by atoms with E-state index in [4.69, 9.17) is 32.2 Å². The SMILES string of the molecule is C#CCOc1cc(O[C@@H]2C[C@H]3C(=O)N[C@]4(C(=O)O)C[C@@H]4/C=C\CCCC[C@H](NC(=O)OC4CCCC4)CC(=O)N3C2)c2cccc(Cl)c2n1. The van der Waals surface area contributed by atoms with E-state index >= 15 is 0 Å². The van der Waals surface area contributed by atoms with Crippen molar-refractivity contribution in [1.82, 2.24) is 20.5 Å². The van der Waals surface area contributed by atoms with Crippen LogP contribution in [0.3, 0.4) is 0 Å². The number of benzene rings is 1. The molecule has 3 N–H and O–H groups in total. The van der Waals surface area contributed by atoms with E-state index in [-0.39, 0.29) is 56.2 Å². The van der Waals surface area contributed by atoms with Gasteiger partial charge in [0.05, 0.1) is 17.1 Å². The van der Waals surface area contributed by atoms with Gasteiger partial charge in [0.2, 0.25) is 17.7 Å². The number of rotatable bonds is 7. The molecule has 0 radical (unpaired) electrons. The number of fused-ring (bicyclic) bond motifs is 3. The van der Waals surface area contributed by atoms with Crippen LogP contribution in [0.4, 0.5) is 4.79 Å². The number of carboxylic acid groups (broad SMARTS) is 1. The molecule has 4 aliphatic rings. The smallest absolute Gasteiger partial charge is 0.407 e. The highest BCUT2D eigenvalue weighted by molar-refractivity contribution is 6.35. The van der Waals surface area contributed by atoms with Crippen molar-refractivity contribution in [2.45, 2.75) is 100 Å². The predicted octanol–water partition coefficient (Wildman–Crippen LogP) is 4.77. The average molecular weight is 693 g/mol. The molecule has 0 spiro atoms. The Morgan fingerprint density at radius 2 is 1.96 bits per heavy atom. The van der Waals surface area contributed by atoms with Gasteiger partial charge in [-0.15, -0.1) is 6.42 Å². The van der Waals surface area contributed by atoms with Crippen LogP contribution in [0.2, 0.25) is 5.02 Å². The van der Waals surface area contributed by atoms with Gasteiger partial charge in [-0.05, 0) is 63.5 Å². The second-order valence-electron chi connectivity index (χ2n) is 13.3. The normalized spacial score (nSPS) is 28.2. The summed E-state index contributed by atoms with van der Waals surface area (Å²) in [5.74, 6) is 0.578. The number of hydrogen-bond acceptors (Lipinski definition) is 8. The molecule has 0 unspecified atom stereocenters. The Labute approximate surface area is 289 Å². The molecule has 260 valence electrons. The summed E-state index contributed by atoms with van der Waals surface area (Å²) in [7, 11) is 0. The molecule has 1 aromatic heterocycles. The summed E-state index contributed by atoms with van der Waals surface area (Å²) < 4.78 is 17.7. The highest BCUT2D eigenvalue weighted by atomic mass is 35.5. The molecule has 3 amide bonds. The molecule has 5 atom stereocenters. The zero-order valence-electron chi connectivity index (χ0n) is 27.2. The van der Waals surface area contributed by atoms with Crippen LogP contribution in [-0.4, -0.2) is 81.8 Å². The number of carboxylic acids is 1. The van der Waals surface area contributed by atoms with E-state index in [1.165, 1.54) is 4.90 Å². The molecule has 3 fully saturated rings. The summed E-state index contributed by atoms with van der Waals surface area (Å²) in [5, 5.41) is 16.8. The Kier molecular flexibility index (Phi) is 10.5. The standard InChI is InChI=1S/C36H41ClN4O8/c1-2-16-47-30-19-29(26-14-9-15-27(37)32(26)39-30)48-25-18-28-33(43)40-36(34(44)45)20-22(36)10-5-3-4-6-11-23(17-31(42)41(28)21-25)38-35(46)49-24-12-7-8-13-24/h1,5,9-10,14-15,19,22-25,28H,3-4,6-8,11-13,16-18,20-21H2,(H,38,46)(H,40,43)(H,44,45)/b10-5-/t22-,23-,25+,28-,36+/m0/s1. The van der Waals surface area contributed by atoms with Gasteiger partial charge in [-0.2, -0.15) is 0 Å². The Morgan fingerprint density at radius 1 is 1.16 bits per heavy atom. The lowest BCUT2D eigenvalue weighted by Crippen LogP contribution is -2.53. The molecule has 0 bridgehead atoms.